The van der Waals surface area contributed by atoms with E-state index in [4.69, 9.17) is 11.6 Å². The van der Waals surface area contributed by atoms with Gasteiger partial charge in [0.25, 0.3) is 0 Å². The largest absolute Gasteiger partial charge is 0.313 e. The van der Waals surface area contributed by atoms with Crippen LogP contribution in [0.25, 0.3) is 5.69 Å². The molecule has 0 saturated carbocycles. The van der Waals surface area contributed by atoms with E-state index in [0.717, 1.165) is 5.56 Å². The Morgan fingerprint density at radius 2 is 2.17 bits per heavy atom. The van der Waals surface area contributed by atoms with E-state index in [1.54, 1.807) is 19.2 Å². The van der Waals surface area contributed by atoms with Gasteiger partial charge >= 0.3 is 0 Å². The van der Waals surface area contributed by atoms with Crippen molar-refractivity contribution < 1.29 is 4.39 Å². The second-order valence-electron chi connectivity index (χ2n) is 4.20. The molecule has 0 radical (unpaired) electrons. The molecule has 5 heteroatoms. The molecule has 1 atom stereocenters. The fourth-order valence-electron chi connectivity index (χ4n) is 1.83. The topological polar surface area (TPSA) is 29.9 Å². The van der Waals surface area contributed by atoms with Crippen LogP contribution in [0.2, 0.25) is 5.02 Å². The molecule has 3 nitrogen and oxygen atoms in total. The van der Waals surface area contributed by atoms with Gasteiger partial charge in [0, 0.05) is 12.2 Å². The maximum Gasteiger partial charge on any atom is 0.149 e. The molecule has 1 aromatic heterocycles. The van der Waals surface area contributed by atoms with Gasteiger partial charge in [0.1, 0.15) is 11.5 Å². The molecule has 18 heavy (non-hydrogen) atoms. The molecule has 0 bridgehead atoms. The van der Waals surface area contributed by atoms with Gasteiger partial charge in [0.15, 0.2) is 0 Å². The molecule has 2 aromatic rings. The monoisotopic (exact) mass is 267 g/mol. The molecule has 0 fully saturated rings. The zero-order chi connectivity index (χ0) is 13.3. The second kappa shape index (κ2) is 5.08. The summed E-state index contributed by atoms with van der Waals surface area (Å²) in [6.45, 7) is 3.76. The second-order valence-corrected chi connectivity index (χ2v) is 4.60. The van der Waals surface area contributed by atoms with Gasteiger partial charge in [-0.15, -0.1) is 0 Å². The van der Waals surface area contributed by atoms with Crippen molar-refractivity contribution in [2.75, 3.05) is 7.05 Å². The normalized spacial score (nSPS) is 12.7. The Morgan fingerprint density at radius 1 is 1.44 bits per heavy atom. The van der Waals surface area contributed by atoms with Gasteiger partial charge in [-0.05, 0) is 32.5 Å². The minimum atomic E-state index is -0.311. The standard InChI is InChI=1S/C13H15ClFN3/c1-8(16-3)10-5-4-6-12(15)13(10)18-7-11(14)9(2)17-18/h4-8,16H,1-3H3. The van der Waals surface area contributed by atoms with Gasteiger partial charge in [-0.1, -0.05) is 23.7 Å². The molecule has 0 saturated heterocycles. The molecule has 1 heterocycles. The predicted molar refractivity (Wildman–Crippen MR) is 70.7 cm³/mol. The summed E-state index contributed by atoms with van der Waals surface area (Å²) < 4.78 is 15.5. The maximum atomic E-state index is 14.0. The van der Waals surface area contributed by atoms with Crippen LogP contribution in [0.4, 0.5) is 4.39 Å². The van der Waals surface area contributed by atoms with E-state index in [9.17, 15) is 4.39 Å². The maximum absolute atomic E-state index is 14.0. The highest BCUT2D eigenvalue weighted by molar-refractivity contribution is 6.31. The van der Waals surface area contributed by atoms with Crippen molar-refractivity contribution in [2.45, 2.75) is 19.9 Å². The lowest BCUT2D eigenvalue weighted by atomic mass is 10.1. The van der Waals surface area contributed by atoms with E-state index in [1.165, 1.54) is 10.7 Å². The minimum absolute atomic E-state index is 0.0268. The Labute approximate surface area is 111 Å². The average molecular weight is 268 g/mol. The van der Waals surface area contributed by atoms with Crippen LogP contribution in [0.15, 0.2) is 24.4 Å². The molecule has 96 valence electrons. The predicted octanol–water partition coefficient (Wildman–Crippen LogP) is 3.25. The molecule has 1 N–H and O–H groups in total. The highest BCUT2D eigenvalue weighted by atomic mass is 35.5. The summed E-state index contributed by atoms with van der Waals surface area (Å²) in [5, 5.41) is 7.86. The molecule has 2 rings (SSSR count). The molecule has 1 unspecified atom stereocenters. The third kappa shape index (κ3) is 2.26. The Kier molecular flexibility index (Phi) is 3.68. The van der Waals surface area contributed by atoms with Crippen molar-refractivity contribution in [3.8, 4) is 5.69 Å². The number of rotatable bonds is 3. The summed E-state index contributed by atoms with van der Waals surface area (Å²) in [5.41, 5.74) is 1.97. The van der Waals surface area contributed by atoms with Crippen molar-refractivity contribution in [1.29, 1.82) is 0 Å². The Hall–Kier alpha value is -1.39. The van der Waals surface area contributed by atoms with Gasteiger partial charge < -0.3 is 5.32 Å². The first-order chi connectivity index (χ1) is 8.54. The van der Waals surface area contributed by atoms with E-state index < -0.39 is 0 Å². The highest BCUT2D eigenvalue weighted by Crippen LogP contribution is 2.25. The van der Waals surface area contributed by atoms with Gasteiger partial charge in [-0.2, -0.15) is 5.10 Å². The first-order valence-corrected chi connectivity index (χ1v) is 6.10. The van der Waals surface area contributed by atoms with Gasteiger partial charge in [0.05, 0.1) is 10.7 Å². The van der Waals surface area contributed by atoms with Gasteiger partial charge in [-0.25, -0.2) is 9.07 Å². The van der Waals surface area contributed by atoms with Crippen molar-refractivity contribution in [1.82, 2.24) is 15.1 Å². The molecule has 0 aliphatic carbocycles. The molecule has 0 amide bonds. The third-order valence-corrected chi connectivity index (χ3v) is 3.36. The van der Waals surface area contributed by atoms with E-state index in [1.807, 2.05) is 20.0 Å². The third-order valence-electron chi connectivity index (χ3n) is 2.99. The van der Waals surface area contributed by atoms with Crippen molar-refractivity contribution in [2.24, 2.45) is 0 Å². The SMILES string of the molecule is CNC(C)c1cccc(F)c1-n1cc(Cl)c(C)n1. The first kappa shape index (κ1) is 13.1. The summed E-state index contributed by atoms with van der Waals surface area (Å²) in [4.78, 5) is 0. The van der Waals surface area contributed by atoms with Crippen LogP contribution in [0.5, 0.6) is 0 Å². The number of halogens is 2. The van der Waals surface area contributed by atoms with Crippen LogP contribution in [0.1, 0.15) is 24.2 Å². The van der Waals surface area contributed by atoms with Crippen LogP contribution in [0, 0.1) is 12.7 Å². The fourth-order valence-corrected chi connectivity index (χ4v) is 1.96. The number of para-hydroxylation sites is 1. The van der Waals surface area contributed by atoms with Crippen molar-refractivity contribution in [3.63, 3.8) is 0 Å². The summed E-state index contributed by atoms with van der Waals surface area (Å²) >= 11 is 5.98. The summed E-state index contributed by atoms with van der Waals surface area (Å²) in [5.74, 6) is -0.311. The van der Waals surface area contributed by atoms with Crippen molar-refractivity contribution in [3.05, 3.63) is 46.5 Å². The van der Waals surface area contributed by atoms with Crippen LogP contribution in [-0.4, -0.2) is 16.8 Å². The Balaban J connectivity index is 2.61. The zero-order valence-corrected chi connectivity index (χ0v) is 11.3. The van der Waals surface area contributed by atoms with Crippen LogP contribution >= 0.6 is 11.6 Å². The van der Waals surface area contributed by atoms with Crippen molar-refractivity contribution >= 4 is 11.6 Å². The molecule has 1 aromatic carbocycles. The number of nitrogens with one attached hydrogen (secondary N) is 1. The molecule has 0 aliphatic rings. The number of aromatic nitrogens is 2. The summed E-state index contributed by atoms with van der Waals surface area (Å²) in [6, 6.07) is 5.02. The number of aryl methyl sites for hydroxylation is 1. The lowest BCUT2D eigenvalue weighted by molar-refractivity contribution is 0.588. The smallest absolute Gasteiger partial charge is 0.149 e. The molecular formula is C13H15ClFN3. The van der Waals surface area contributed by atoms with E-state index >= 15 is 0 Å². The number of benzene rings is 1. The molecule has 0 spiro atoms. The number of hydrogen-bond acceptors (Lipinski definition) is 2. The van der Waals surface area contributed by atoms with E-state index in [0.29, 0.717) is 16.4 Å². The van der Waals surface area contributed by atoms with Crippen LogP contribution in [-0.2, 0) is 0 Å². The minimum Gasteiger partial charge on any atom is -0.313 e. The lowest BCUT2D eigenvalue weighted by Gasteiger charge is -2.16. The molecular weight excluding hydrogens is 253 g/mol. The Bertz CT molecular complexity index is 546. The Morgan fingerprint density at radius 3 is 2.72 bits per heavy atom. The summed E-state index contributed by atoms with van der Waals surface area (Å²) in [7, 11) is 1.83. The van der Waals surface area contributed by atoms with E-state index in [2.05, 4.69) is 10.4 Å². The number of nitrogens with zero attached hydrogens (tertiary/aromatic N) is 2. The van der Waals surface area contributed by atoms with Gasteiger partial charge in [0.2, 0.25) is 0 Å². The van der Waals surface area contributed by atoms with Crippen LogP contribution < -0.4 is 5.32 Å². The highest BCUT2D eigenvalue weighted by Gasteiger charge is 2.16. The zero-order valence-electron chi connectivity index (χ0n) is 10.5. The quantitative estimate of drug-likeness (QED) is 0.925. The van der Waals surface area contributed by atoms with E-state index in [-0.39, 0.29) is 11.9 Å². The number of hydrogen-bond donors (Lipinski definition) is 1. The first-order valence-electron chi connectivity index (χ1n) is 5.72. The lowest BCUT2D eigenvalue weighted by Crippen LogP contribution is -2.16. The van der Waals surface area contributed by atoms with Gasteiger partial charge in [-0.3, -0.25) is 0 Å². The molecule has 0 aliphatic heterocycles. The fraction of sp³-hybridized carbons (Fsp3) is 0.308. The summed E-state index contributed by atoms with van der Waals surface area (Å²) in [6.07, 6.45) is 1.63. The van der Waals surface area contributed by atoms with Crippen LogP contribution in [0.3, 0.4) is 0 Å². The average Bonchev–Trinajstić information content (AvgIpc) is 2.68.